The van der Waals surface area contributed by atoms with Crippen LogP contribution in [-0.2, 0) is 18.3 Å². The molecule has 0 N–H and O–H groups in total. The molecule has 238 valence electrons. The average Bonchev–Trinajstić information content (AvgIpc) is 3.89. The number of aryl methyl sites for hydroxylation is 1. The summed E-state index contributed by atoms with van der Waals surface area (Å²) in [6, 6.07) is 47.1. The van der Waals surface area contributed by atoms with Crippen molar-refractivity contribution >= 4 is 28.0 Å². The summed E-state index contributed by atoms with van der Waals surface area (Å²) >= 11 is 0. The molecule has 11 rings (SSSR count). The topological polar surface area (TPSA) is 31.0 Å². The summed E-state index contributed by atoms with van der Waals surface area (Å²) in [7, 11) is 0. The maximum absolute atomic E-state index is 6.87. The van der Waals surface area contributed by atoms with Crippen molar-refractivity contribution in [3.8, 4) is 39.1 Å². The molecule has 0 aliphatic heterocycles. The van der Waals surface area contributed by atoms with E-state index in [-0.39, 0.29) is 5.41 Å². The molecular formula is C47H34N2O. The molecular weight excluding hydrogens is 609 g/mol. The van der Waals surface area contributed by atoms with Gasteiger partial charge in [0.2, 0.25) is 0 Å². The van der Waals surface area contributed by atoms with Crippen molar-refractivity contribution in [2.24, 2.45) is 5.92 Å². The van der Waals surface area contributed by atoms with Crippen molar-refractivity contribution in [3.63, 3.8) is 0 Å². The standard InChI is InChI=1S/C47H34N2O/c1-3-44-48-40-26-28(2)22-25-41(40)49(44)42-20-11-21-43-45(42)35-16-10-15-30(46(35)50-43)29-23-24-34-33-14-6-9-19-38(33)47(39(34)27-29)36-17-7-4-12-31(36)32-13-5-8-18-37(32)47/h4-25,27-28H,3,26H2,1-2H3. The molecule has 2 heterocycles. The van der Waals surface area contributed by atoms with Gasteiger partial charge in [0.25, 0.3) is 0 Å². The monoisotopic (exact) mass is 642 g/mol. The van der Waals surface area contributed by atoms with Crippen LogP contribution in [0.25, 0.3) is 67.1 Å². The molecule has 50 heavy (non-hydrogen) atoms. The Morgan fingerprint density at radius 3 is 2.04 bits per heavy atom. The second-order valence-corrected chi connectivity index (χ2v) is 14.2. The van der Waals surface area contributed by atoms with E-state index in [1.165, 1.54) is 55.9 Å². The van der Waals surface area contributed by atoms with E-state index in [2.05, 4.69) is 158 Å². The molecule has 3 nitrogen and oxygen atoms in total. The average molecular weight is 643 g/mol. The maximum Gasteiger partial charge on any atom is 0.143 e. The zero-order valence-corrected chi connectivity index (χ0v) is 28.1. The number of furan rings is 1. The van der Waals surface area contributed by atoms with E-state index in [0.29, 0.717) is 5.92 Å². The molecule has 2 aromatic heterocycles. The number of para-hydroxylation sites is 1. The summed E-state index contributed by atoms with van der Waals surface area (Å²) in [6.45, 7) is 4.46. The molecule has 8 aromatic rings. The van der Waals surface area contributed by atoms with Gasteiger partial charge in [0.05, 0.1) is 27.9 Å². The van der Waals surface area contributed by atoms with Gasteiger partial charge in [-0.05, 0) is 86.7 Å². The highest BCUT2D eigenvalue weighted by atomic mass is 16.3. The summed E-state index contributed by atoms with van der Waals surface area (Å²) in [6.07, 6.45) is 6.40. The van der Waals surface area contributed by atoms with E-state index < -0.39 is 0 Å². The van der Waals surface area contributed by atoms with Crippen molar-refractivity contribution in [3.05, 3.63) is 173 Å². The zero-order chi connectivity index (χ0) is 33.1. The second-order valence-electron chi connectivity index (χ2n) is 14.2. The molecule has 0 fully saturated rings. The molecule has 6 aromatic carbocycles. The quantitative estimate of drug-likeness (QED) is 0.192. The fourth-order valence-corrected chi connectivity index (χ4v) is 9.49. The van der Waals surface area contributed by atoms with Crippen LogP contribution in [0.4, 0.5) is 0 Å². The third kappa shape index (κ3) is 3.47. The van der Waals surface area contributed by atoms with E-state index in [1.807, 2.05) is 0 Å². The second kappa shape index (κ2) is 10.1. The van der Waals surface area contributed by atoms with Gasteiger partial charge in [-0.25, -0.2) is 4.98 Å². The van der Waals surface area contributed by atoms with E-state index in [1.54, 1.807) is 0 Å². The normalized spacial score (nSPS) is 16.1. The number of aromatic nitrogens is 2. The minimum absolute atomic E-state index is 0.383. The van der Waals surface area contributed by atoms with Crippen molar-refractivity contribution < 1.29 is 4.42 Å². The Bertz CT molecular complexity index is 2690. The lowest BCUT2D eigenvalue weighted by molar-refractivity contribution is 0.669. The number of hydrogen-bond donors (Lipinski definition) is 0. The van der Waals surface area contributed by atoms with Gasteiger partial charge in [-0.2, -0.15) is 0 Å². The molecule has 0 saturated heterocycles. The molecule has 3 heteroatoms. The molecule has 0 saturated carbocycles. The van der Waals surface area contributed by atoms with Crippen molar-refractivity contribution in [2.75, 3.05) is 0 Å². The van der Waals surface area contributed by atoms with Crippen molar-refractivity contribution in [1.82, 2.24) is 9.55 Å². The molecule has 0 bridgehead atoms. The molecule has 1 atom stereocenters. The largest absolute Gasteiger partial charge is 0.455 e. The van der Waals surface area contributed by atoms with Gasteiger partial charge >= 0.3 is 0 Å². The SMILES string of the molecule is CCc1nc2c(n1-c1cccc3oc4c(-c5ccc6c(c5)C5(c7ccccc7-c7ccccc75)c5ccccc5-6)cccc4c13)C=CC(C)C2. The smallest absolute Gasteiger partial charge is 0.143 e. The first kappa shape index (κ1) is 28.0. The molecule has 1 unspecified atom stereocenters. The summed E-state index contributed by atoms with van der Waals surface area (Å²) in [5.41, 5.74) is 17.9. The van der Waals surface area contributed by atoms with Crippen LogP contribution in [0.5, 0.6) is 0 Å². The van der Waals surface area contributed by atoms with Crippen LogP contribution in [-0.4, -0.2) is 9.55 Å². The van der Waals surface area contributed by atoms with Crippen LogP contribution in [0, 0.1) is 5.92 Å². The number of hydrogen-bond acceptors (Lipinski definition) is 2. The van der Waals surface area contributed by atoms with Crippen LogP contribution >= 0.6 is 0 Å². The highest BCUT2D eigenvalue weighted by molar-refractivity contribution is 6.13. The number of nitrogens with zero attached hydrogens (tertiary/aromatic N) is 2. The first-order valence-corrected chi connectivity index (χ1v) is 17.8. The molecule has 3 aliphatic carbocycles. The first-order valence-electron chi connectivity index (χ1n) is 17.8. The Morgan fingerprint density at radius 2 is 1.34 bits per heavy atom. The Kier molecular flexibility index (Phi) is 5.62. The molecule has 0 amide bonds. The maximum atomic E-state index is 6.87. The van der Waals surface area contributed by atoms with Gasteiger partial charge in [0, 0.05) is 17.4 Å². The van der Waals surface area contributed by atoms with E-state index in [0.717, 1.165) is 57.4 Å². The van der Waals surface area contributed by atoms with E-state index in [9.17, 15) is 0 Å². The summed E-state index contributed by atoms with van der Waals surface area (Å²) in [5.74, 6) is 1.58. The summed E-state index contributed by atoms with van der Waals surface area (Å²) in [4.78, 5) is 5.13. The Labute approximate surface area is 291 Å². The minimum atomic E-state index is -0.383. The predicted molar refractivity (Wildman–Crippen MR) is 204 cm³/mol. The number of benzene rings is 6. The fourth-order valence-electron chi connectivity index (χ4n) is 9.49. The number of imidazole rings is 1. The van der Waals surface area contributed by atoms with Gasteiger partial charge in [-0.3, -0.25) is 4.57 Å². The third-order valence-corrected chi connectivity index (χ3v) is 11.5. The van der Waals surface area contributed by atoms with Crippen LogP contribution in [0.3, 0.4) is 0 Å². The van der Waals surface area contributed by atoms with Gasteiger partial charge < -0.3 is 4.42 Å². The minimum Gasteiger partial charge on any atom is -0.455 e. The van der Waals surface area contributed by atoms with Crippen molar-refractivity contribution in [1.29, 1.82) is 0 Å². The van der Waals surface area contributed by atoms with Crippen molar-refractivity contribution in [2.45, 2.75) is 32.1 Å². The van der Waals surface area contributed by atoms with Crippen LogP contribution < -0.4 is 0 Å². The van der Waals surface area contributed by atoms with Crippen LogP contribution in [0.15, 0.2) is 138 Å². The highest BCUT2D eigenvalue weighted by Crippen LogP contribution is 2.63. The van der Waals surface area contributed by atoms with Crippen LogP contribution in [0.1, 0.15) is 53.3 Å². The molecule has 3 aliphatic rings. The highest BCUT2D eigenvalue weighted by Gasteiger charge is 2.51. The van der Waals surface area contributed by atoms with Gasteiger partial charge in [0.1, 0.15) is 17.0 Å². The third-order valence-electron chi connectivity index (χ3n) is 11.5. The Morgan fingerprint density at radius 1 is 0.700 bits per heavy atom. The molecule has 1 spiro atoms. The number of rotatable bonds is 3. The lowest BCUT2D eigenvalue weighted by Gasteiger charge is -2.30. The fraction of sp³-hybridized carbons (Fsp3) is 0.128. The number of allylic oxidation sites excluding steroid dienone is 1. The van der Waals surface area contributed by atoms with Crippen LogP contribution in [0.2, 0.25) is 0 Å². The van der Waals surface area contributed by atoms with Gasteiger partial charge in [-0.1, -0.05) is 129 Å². The van der Waals surface area contributed by atoms with E-state index >= 15 is 0 Å². The lowest BCUT2D eigenvalue weighted by atomic mass is 9.70. The lowest BCUT2D eigenvalue weighted by Crippen LogP contribution is -2.25. The first-order chi connectivity index (χ1) is 24.7. The predicted octanol–water partition coefficient (Wildman–Crippen LogP) is 11.5. The Hall–Kier alpha value is -5.93. The molecule has 0 radical (unpaired) electrons. The summed E-state index contributed by atoms with van der Waals surface area (Å²) in [5, 5.41) is 2.26. The van der Waals surface area contributed by atoms with Gasteiger partial charge in [0.15, 0.2) is 0 Å². The summed E-state index contributed by atoms with van der Waals surface area (Å²) < 4.78 is 9.24. The zero-order valence-electron chi connectivity index (χ0n) is 28.1. The van der Waals surface area contributed by atoms with Gasteiger partial charge in [-0.15, -0.1) is 0 Å². The number of fused-ring (bicyclic) bond motifs is 14. The van der Waals surface area contributed by atoms with E-state index in [4.69, 9.17) is 9.40 Å². The Balaban J connectivity index is 1.16.